The summed E-state index contributed by atoms with van der Waals surface area (Å²) in [4.78, 5) is 27.5. The van der Waals surface area contributed by atoms with E-state index in [9.17, 15) is 36.3 Å². The summed E-state index contributed by atoms with van der Waals surface area (Å²) in [5, 5.41) is 10.6. The Balaban J connectivity index is 2.11. The molecule has 1 heterocycles. The smallest absolute Gasteiger partial charge is 0.390 e. The monoisotopic (exact) mass is 622 g/mol. The molecule has 4 atom stereocenters. The van der Waals surface area contributed by atoms with Gasteiger partial charge < -0.3 is 10.0 Å². The van der Waals surface area contributed by atoms with Crippen molar-refractivity contribution in [1.29, 1.82) is 0 Å². The molecule has 1 fully saturated rings. The van der Waals surface area contributed by atoms with Crippen molar-refractivity contribution in [2.45, 2.75) is 63.7 Å². The minimum Gasteiger partial charge on any atom is -0.481 e. The maximum absolute atomic E-state index is 14.1. The summed E-state index contributed by atoms with van der Waals surface area (Å²) >= 11 is 12.4. The van der Waals surface area contributed by atoms with Gasteiger partial charge in [0.25, 0.3) is 0 Å². The Labute approximate surface area is 241 Å². The number of rotatable bonds is 11. The lowest BCUT2D eigenvalue weighted by atomic mass is 9.67. The molecule has 2 aromatic carbocycles. The van der Waals surface area contributed by atoms with E-state index in [4.69, 9.17) is 23.2 Å². The molecule has 0 saturated carbocycles. The summed E-state index contributed by atoms with van der Waals surface area (Å²) in [6.07, 6.45) is -6.23. The van der Waals surface area contributed by atoms with Crippen LogP contribution in [0.5, 0.6) is 0 Å². The first kappa shape index (κ1) is 32.2. The molecule has 0 bridgehead atoms. The van der Waals surface area contributed by atoms with Crippen LogP contribution in [0.2, 0.25) is 10.0 Å². The lowest BCUT2D eigenvalue weighted by Crippen LogP contribution is -2.58. The van der Waals surface area contributed by atoms with Crippen LogP contribution in [0.15, 0.2) is 48.5 Å². The zero-order chi connectivity index (χ0) is 29.9. The Morgan fingerprint density at radius 3 is 2.35 bits per heavy atom. The number of nitrogens with one attached hydrogen (secondary N) is 1. The number of alkyl halides is 3. The van der Waals surface area contributed by atoms with E-state index in [2.05, 4.69) is 4.72 Å². The van der Waals surface area contributed by atoms with E-state index in [1.54, 1.807) is 56.3 Å². The van der Waals surface area contributed by atoms with Gasteiger partial charge in [-0.15, -0.1) is 0 Å². The van der Waals surface area contributed by atoms with E-state index in [0.29, 0.717) is 15.6 Å². The molecule has 40 heavy (non-hydrogen) atoms. The highest BCUT2D eigenvalue weighted by Crippen LogP contribution is 2.52. The fourth-order valence-corrected chi connectivity index (χ4v) is 6.68. The molecule has 220 valence electrons. The van der Waals surface area contributed by atoms with Crippen LogP contribution in [0, 0.1) is 5.41 Å². The molecule has 0 aliphatic carbocycles. The Kier molecular flexibility index (Phi) is 10.2. The second-order valence-electron chi connectivity index (χ2n) is 10.3. The molecular formula is C27H31Cl2F3N2O5S. The Morgan fingerprint density at radius 2 is 1.80 bits per heavy atom. The number of benzene rings is 2. The first-order valence-corrected chi connectivity index (χ1v) is 15.1. The number of halogens is 5. The molecule has 2 aromatic rings. The second-order valence-corrected chi connectivity index (χ2v) is 13.1. The van der Waals surface area contributed by atoms with Crippen molar-refractivity contribution >= 4 is 45.1 Å². The number of carbonyl (C=O) groups is 2. The van der Waals surface area contributed by atoms with Gasteiger partial charge in [0.2, 0.25) is 15.9 Å². The number of sulfonamides is 1. The number of piperidine rings is 1. The molecule has 1 aliphatic rings. The van der Waals surface area contributed by atoms with Crippen LogP contribution in [0.4, 0.5) is 13.2 Å². The van der Waals surface area contributed by atoms with Crippen molar-refractivity contribution in [2.75, 3.05) is 12.3 Å². The molecule has 3 rings (SSSR count). The lowest BCUT2D eigenvalue weighted by Gasteiger charge is -2.52. The molecule has 1 aliphatic heterocycles. The fourth-order valence-electron chi connectivity index (χ4n) is 5.27. The lowest BCUT2D eigenvalue weighted by molar-refractivity contribution is -0.160. The largest absolute Gasteiger partial charge is 0.481 e. The van der Waals surface area contributed by atoms with Crippen molar-refractivity contribution in [3.63, 3.8) is 0 Å². The molecule has 1 saturated heterocycles. The van der Waals surface area contributed by atoms with Crippen molar-refractivity contribution in [2.24, 2.45) is 5.41 Å². The third kappa shape index (κ3) is 8.11. The van der Waals surface area contributed by atoms with Gasteiger partial charge >= 0.3 is 12.1 Å². The van der Waals surface area contributed by atoms with Gasteiger partial charge in [-0.05, 0) is 48.2 Å². The fraction of sp³-hybridized carbons (Fsp3) is 0.481. The molecule has 0 unspecified atom stereocenters. The summed E-state index contributed by atoms with van der Waals surface area (Å²) in [7, 11) is -4.32. The third-order valence-electron chi connectivity index (χ3n) is 7.19. The van der Waals surface area contributed by atoms with Gasteiger partial charge in [0.15, 0.2) is 0 Å². The van der Waals surface area contributed by atoms with Crippen molar-refractivity contribution in [3.8, 4) is 0 Å². The van der Waals surface area contributed by atoms with Gasteiger partial charge in [0.05, 0.1) is 30.1 Å². The van der Waals surface area contributed by atoms with E-state index in [-0.39, 0.29) is 19.4 Å². The van der Waals surface area contributed by atoms with Crippen LogP contribution in [0.3, 0.4) is 0 Å². The number of amides is 1. The number of hydrogen-bond donors (Lipinski definition) is 2. The van der Waals surface area contributed by atoms with Crippen LogP contribution < -0.4 is 4.72 Å². The predicted octanol–water partition coefficient (Wildman–Crippen LogP) is 6.18. The molecule has 0 radical (unpaired) electrons. The number of carboxylic acids is 1. The molecular weight excluding hydrogens is 592 g/mol. The zero-order valence-electron chi connectivity index (χ0n) is 21.9. The van der Waals surface area contributed by atoms with Gasteiger partial charge in [-0.2, -0.15) is 13.2 Å². The maximum Gasteiger partial charge on any atom is 0.390 e. The van der Waals surface area contributed by atoms with Crippen LogP contribution in [0.1, 0.15) is 62.6 Å². The molecule has 2 N–H and O–H groups in total. The van der Waals surface area contributed by atoms with E-state index in [1.165, 1.54) is 4.90 Å². The standard InChI is InChI=1S/C27H31Cl2F3N2O5S/c1-3-21(16-33-40(38,39)12-11-27(30,31)32)34-24(17-7-9-19(28)10-8-17)22(18-5-4-6-20(29)13-18)14-26(2,25(34)37)15-23(35)36/h4-10,13,21-22,24,33H,3,11-12,14-16H2,1-2H3,(H,35,36)/t21-,22+,24+,26+/m0/s1. The Bertz CT molecular complexity index is 1320. The first-order chi connectivity index (χ1) is 18.5. The number of aliphatic carboxylic acids is 1. The summed E-state index contributed by atoms with van der Waals surface area (Å²) in [5.74, 6) is -3.26. The first-order valence-electron chi connectivity index (χ1n) is 12.6. The van der Waals surface area contributed by atoms with Crippen molar-refractivity contribution < 1.29 is 36.3 Å². The number of carboxylic acid groups (broad SMARTS) is 1. The maximum atomic E-state index is 14.1. The Morgan fingerprint density at radius 1 is 1.15 bits per heavy atom. The molecule has 7 nitrogen and oxygen atoms in total. The predicted molar refractivity (Wildman–Crippen MR) is 147 cm³/mol. The van der Waals surface area contributed by atoms with Gasteiger partial charge in [-0.3, -0.25) is 9.59 Å². The highest BCUT2D eigenvalue weighted by atomic mass is 35.5. The minimum absolute atomic E-state index is 0.163. The third-order valence-corrected chi connectivity index (χ3v) is 9.02. The summed E-state index contributed by atoms with van der Waals surface area (Å²) in [6.45, 7) is 2.93. The highest BCUT2D eigenvalue weighted by Gasteiger charge is 2.52. The number of carbonyl (C=O) groups excluding carboxylic acids is 1. The van der Waals surface area contributed by atoms with E-state index >= 15 is 0 Å². The average Bonchev–Trinajstić information content (AvgIpc) is 2.85. The summed E-state index contributed by atoms with van der Waals surface area (Å²) < 4.78 is 65.1. The van der Waals surface area contributed by atoms with Gasteiger partial charge in [-0.25, -0.2) is 13.1 Å². The Hall–Kier alpha value is -2.34. The number of nitrogens with zero attached hydrogens (tertiary/aromatic N) is 1. The SMILES string of the molecule is CC[C@@H](CNS(=O)(=O)CCC(F)(F)F)N1C(=O)[C@@](C)(CC(=O)O)C[C@H](c2cccc(Cl)c2)[C@H]1c1ccc(Cl)cc1. The second kappa shape index (κ2) is 12.7. The van der Waals surface area contributed by atoms with Crippen LogP contribution in [0.25, 0.3) is 0 Å². The number of hydrogen-bond acceptors (Lipinski definition) is 4. The van der Waals surface area contributed by atoms with Crippen molar-refractivity contribution in [1.82, 2.24) is 9.62 Å². The summed E-state index contributed by atoms with van der Waals surface area (Å²) in [6, 6.07) is 12.3. The van der Waals surface area contributed by atoms with Crippen LogP contribution in [-0.4, -0.2) is 54.8 Å². The molecule has 13 heteroatoms. The zero-order valence-corrected chi connectivity index (χ0v) is 24.2. The van der Waals surface area contributed by atoms with E-state index in [1.807, 2.05) is 6.07 Å². The quantitative estimate of drug-likeness (QED) is 0.311. The summed E-state index contributed by atoms with van der Waals surface area (Å²) in [5.41, 5.74) is 0.0743. The van der Waals surface area contributed by atoms with Crippen molar-refractivity contribution in [3.05, 3.63) is 69.7 Å². The highest BCUT2D eigenvalue weighted by molar-refractivity contribution is 7.89. The van der Waals surface area contributed by atoms with E-state index < -0.39 is 70.1 Å². The molecule has 0 aromatic heterocycles. The van der Waals surface area contributed by atoms with E-state index in [0.717, 1.165) is 5.56 Å². The topological polar surface area (TPSA) is 104 Å². The normalized spacial score (nSPS) is 22.8. The average molecular weight is 624 g/mol. The van der Waals surface area contributed by atoms with Gasteiger partial charge in [0, 0.05) is 28.5 Å². The van der Waals surface area contributed by atoms with Crippen LogP contribution >= 0.6 is 23.2 Å². The van der Waals surface area contributed by atoms with Gasteiger partial charge in [-0.1, -0.05) is 61.3 Å². The van der Waals surface area contributed by atoms with Gasteiger partial charge in [0.1, 0.15) is 0 Å². The molecule has 1 amide bonds. The number of likely N-dealkylation sites (tertiary alicyclic amines) is 1. The minimum atomic E-state index is -4.65. The van der Waals surface area contributed by atoms with Crippen LogP contribution in [-0.2, 0) is 19.6 Å². The molecule has 0 spiro atoms.